The van der Waals surface area contributed by atoms with Gasteiger partial charge in [-0.05, 0) is 44.7 Å². The Morgan fingerprint density at radius 2 is 1.68 bits per heavy atom. The van der Waals surface area contributed by atoms with Crippen molar-refractivity contribution in [2.24, 2.45) is 0 Å². The highest BCUT2D eigenvalue weighted by Gasteiger charge is 2.47. The largest absolute Gasteiger partial charge is 0.459 e. The van der Waals surface area contributed by atoms with Crippen molar-refractivity contribution in [1.82, 2.24) is 5.32 Å². The molecule has 3 rings (SSSR count). The van der Waals surface area contributed by atoms with E-state index in [0.717, 1.165) is 18.4 Å². The van der Waals surface area contributed by atoms with Crippen LogP contribution in [0, 0.1) is 0 Å². The monoisotopic (exact) mass is 337 g/mol. The fraction of sp³-hybridized carbons (Fsp3) is 0.409. The van der Waals surface area contributed by atoms with Crippen LogP contribution in [0.2, 0.25) is 0 Å². The maximum atomic E-state index is 13.1. The zero-order chi connectivity index (χ0) is 17.9. The molecule has 1 aliphatic rings. The Bertz CT molecular complexity index is 706. The predicted octanol–water partition coefficient (Wildman–Crippen LogP) is 4.43. The molecule has 2 aromatic carbocycles. The summed E-state index contributed by atoms with van der Waals surface area (Å²) < 4.78 is 5.78. The van der Waals surface area contributed by atoms with E-state index in [-0.39, 0.29) is 12.0 Å². The molecule has 0 aromatic heterocycles. The molecular weight excluding hydrogens is 310 g/mol. The van der Waals surface area contributed by atoms with Crippen LogP contribution in [0.4, 0.5) is 0 Å². The topological polar surface area (TPSA) is 38.3 Å². The molecule has 25 heavy (non-hydrogen) atoms. The van der Waals surface area contributed by atoms with Gasteiger partial charge in [-0.2, -0.15) is 0 Å². The van der Waals surface area contributed by atoms with Gasteiger partial charge in [0.25, 0.3) is 0 Å². The summed E-state index contributed by atoms with van der Waals surface area (Å²) in [7, 11) is 0. The SMILES string of the molecule is CC(C)(C)OC(=O)[C@]1(Cc2ccccc2)CC[C@@H](c2ccccc2)N1. The molecule has 0 saturated carbocycles. The number of benzene rings is 2. The Kier molecular flexibility index (Phi) is 4.96. The molecule has 0 unspecified atom stereocenters. The van der Waals surface area contributed by atoms with Gasteiger partial charge < -0.3 is 4.74 Å². The Morgan fingerprint density at radius 3 is 2.28 bits per heavy atom. The Balaban J connectivity index is 1.86. The molecular formula is C22H27NO2. The number of hydrogen-bond donors (Lipinski definition) is 1. The van der Waals surface area contributed by atoms with Crippen LogP contribution in [0.25, 0.3) is 0 Å². The van der Waals surface area contributed by atoms with Gasteiger partial charge in [0.15, 0.2) is 0 Å². The summed E-state index contributed by atoms with van der Waals surface area (Å²) in [5.74, 6) is -0.151. The molecule has 1 fully saturated rings. The van der Waals surface area contributed by atoms with Crippen LogP contribution in [0.15, 0.2) is 60.7 Å². The zero-order valence-corrected chi connectivity index (χ0v) is 15.3. The van der Waals surface area contributed by atoms with Crippen LogP contribution in [-0.2, 0) is 16.0 Å². The number of ether oxygens (including phenoxy) is 1. The summed E-state index contributed by atoms with van der Waals surface area (Å²) in [4.78, 5) is 13.1. The second kappa shape index (κ2) is 7.01. The quantitative estimate of drug-likeness (QED) is 0.839. The summed E-state index contributed by atoms with van der Waals surface area (Å²) in [6.07, 6.45) is 2.35. The van der Waals surface area contributed by atoms with Gasteiger partial charge in [-0.3, -0.25) is 10.1 Å². The van der Waals surface area contributed by atoms with Crippen molar-refractivity contribution in [3.05, 3.63) is 71.8 Å². The van der Waals surface area contributed by atoms with Crippen LogP contribution in [0.5, 0.6) is 0 Å². The van der Waals surface area contributed by atoms with Gasteiger partial charge in [-0.15, -0.1) is 0 Å². The molecule has 0 aliphatic carbocycles. The number of rotatable bonds is 4. The lowest BCUT2D eigenvalue weighted by Gasteiger charge is -2.32. The first-order chi connectivity index (χ1) is 11.9. The summed E-state index contributed by atoms with van der Waals surface area (Å²) in [5.41, 5.74) is 1.21. The van der Waals surface area contributed by atoms with Crippen LogP contribution < -0.4 is 5.32 Å². The fourth-order valence-electron chi connectivity index (χ4n) is 3.50. The average molecular weight is 337 g/mol. The molecule has 2 atom stereocenters. The number of carbonyl (C=O) groups excluding carboxylic acids is 1. The number of nitrogens with one attached hydrogen (secondary N) is 1. The molecule has 1 aliphatic heterocycles. The summed E-state index contributed by atoms with van der Waals surface area (Å²) in [6, 6.07) is 20.7. The minimum atomic E-state index is -0.671. The highest BCUT2D eigenvalue weighted by molar-refractivity contribution is 5.82. The first kappa shape index (κ1) is 17.7. The maximum absolute atomic E-state index is 13.1. The number of carbonyl (C=O) groups is 1. The zero-order valence-electron chi connectivity index (χ0n) is 15.3. The van der Waals surface area contributed by atoms with Crippen molar-refractivity contribution >= 4 is 5.97 Å². The second-order valence-electron chi connectivity index (χ2n) is 7.89. The molecule has 0 amide bonds. The van der Waals surface area contributed by atoms with Crippen molar-refractivity contribution < 1.29 is 9.53 Å². The van der Waals surface area contributed by atoms with Crippen molar-refractivity contribution in [1.29, 1.82) is 0 Å². The molecule has 0 bridgehead atoms. The lowest BCUT2D eigenvalue weighted by molar-refractivity contribution is -0.162. The highest BCUT2D eigenvalue weighted by atomic mass is 16.6. The van der Waals surface area contributed by atoms with Gasteiger partial charge >= 0.3 is 5.97 Å². The normalized spacial score (nSPS) is 23.4. The van der Waals surface area contributed by atoms with E-state index in [1.807, 2.05) is 57.2 Å². The van der Waals surface area contributed by atoms with Gasteiger partial charge in [0.1, 0.15) is 11.1 Å². The third kappa shape index (κ3) is 4.29. The standard InChI is InChI=1S/C22H27NO2/c1-21(2,3)25-20(24)22(16-17-10-6-4-7-11-17)15-14-19(23-22)18-12-8-5-9-13-18/h4-13,19,23H,14-16H2,1-3H3/t19-,22+/m0/s1. The molecule has 0 radical (unpaired) electrons. The first-order valence-electron chi connectivity index (χ1n) is 8.98. The van der Waals surface area contributed by atoms with Gasteiger partial charge in [-0.25, -0.2) is 0 Å². The molecule has 2 aromatic rings. The molecule has 1 N–H and O–H groups in total. The lowest BCUT2D eigenvalue weighted by atomic mass is 9.89. The predicted molar refractivity (Wildman–Crippen MR) is 100 cm³/mol. The van der Waals surface area contributed by atoms with Crippen molar-refractivity contribution in [2.45, 2.75) is 57.2 Å². The highest BCUT2D eigenvalue weighted by Crippen LogP contribution is 2.36. The van der Waals surface area contributed by atoms with Crippen molar-refractivity contribution in [3.8, 4) is 0 Å². The minimum absolute atomic E-state index is 0.151. The smallest absolute Gasteiger partial charge is 0.327 e. The van der Waals surface area contributed by atoms with E-state index in [4.69, 9.17) is 4.74 Å². The number of hydrogen-bond acceptors (Lipinski definition) is 3. The van der Waals surface area contributed by atoms with E-state index in [0.29, 0.717) is 6.42 Å². The van der Waals surface area contributed by atoms with E-state index in [9.17, 15) is 4.79 Å². The lowest BCUT2D eigenvalue weighted by Crippen LogP contribution is -2.52. The third-order valence-electron chi connectivity index (χ3n) is 4.65. The molecule has 0 spiro atoms. The van der Waals surface area contributed by atoms with Crippen LogP contribution in [0.3, 0.4) is 0 Å². The molecule has 1 saturated heterocycles. The average Bonchev–Trinajstić information content (AvgIpc) is 3.01. The number of esters is 1. The maximum Gasteiger partial charge on any atom is 0.327 e. The van der Waals surface area contributed by atoms with E-state index in [1.165, 1.54) is 5.56 Å². The molecule has 1 heterocycles. The van der Waals surface area contributed by atoms with Crippen LogP contribution >= 0.6 is 0 Å². The minimum Gasteiger partial charge on any atom is -0.459 e. The first-order valence-corrected chi connectivity index (χ1v) is 8.98. The summed E-state index contributed by atoms with van der Waals surface area (Å²) in [5, 5.41) is 3.62. The second-order valence-corrected chi connectivity index (χ2v) is 7.89. The Labute approximate surface area is 150 Å². The Hall–Kier alpha value is -2.13. The van der Waals surface area contributed by atoms with Gasteiger partial charge in [-0.1, -0.05) is 60.7 Å². The van der Waals surface area contributed by atoms with E-state index >= 15 is 0 Å². The molecule has 132 valence electrons. The summed E-state index contributed by atoms with van der Waals surface area (Å²) in [6.45, 7) is 5.76. The Morgan fingerprint density at radius 1 is 1.08 bits per heavy atom. The van der Waals surface area contributed by atoms with E-state index in [2.05, 4.69) is 29.6 Å². The van der Waals surface area contributed by atoms with Gasteiger partial charge in [0, 0.05) is 12.5 Å². The molecule has 3 heteroatoms. The van der Waals surface area contributed by atoms with Crippen LogP contribution in [0.1, 0.15) is 50.8 Å². The van der Waals surface area contributed by atoms with Crippen molar-refractivity contribution in [2.75, 3.05) is 0 Å². The molecule has 3 nitrogen and oxygen atoms in total. The summed E-state index contributed by atoms with van der Waals surface area (Å²) >= 11 is 0. The van der Waals surface area contributed by atoms with E-state index < -0.39 is 11.1 Å². The van der Waals surface area contributed by atoms with Gasteiger partial charge in [0.05, 0.1) is 0 Å². The van der Waals surface area contributed by atoms with Gasteiger partial charge in [0.2, 0.25) is 0 Å². The fourth-order valence-corrected chi connectivity index (χ4v) is 3.50. The van der Waals surface area contributed by atoms with Crippen molar-refractivity contribution in [3.63, 3.8) is 0 Å². The third-order valence-corrected chi connectivity index (χ3v) is 4.65. The van der Waals surface area contributed by atoms with Crippen LogP contribution in [-0.4, -0.2) is 17.1 Å². The van der Waals surface area contributed by atoms with E-state index in [1.54, 1.807) is 0 Å².